The Labute approximate surface area is 142 Å². The predicted octanol–water partition coefficient (Wildman–Crippen LogP) is -0.766. The highest BCUT2D eigenvalue weighted by atomic mass is 19.1. The van der Waals surface area contributed by atoms with Crippen molar-refractivity contribution in [1.29, 1.82) is 0 Å². The molecule has 2 unspecified atom stereocenters. The van der Waals surface area contributed by atoms with Crippen LogP contribution in [0.3, 0.4) is 0 Å². The summed E-state index contributed by atoms with van der Waals surface area (Å²) in [6, 6.07) is 0. The van der Waals surface area contributed by atoms with E-state index in [1.165, 1.54) is 24.0 Å². The van der Waals surface area contributed by atoms with Gasteiger partial charge in [0, 0.05) is 6.20 Å². The van der Waals surface area contributed by atoms with Crippen LogP contribution in [-0.2, 0) is 9.47 Å². The van der Waals surface area contributed by atoms with Crippen molar-refractivity contribution in [3.05, 3.63) is 18.1 Å². The molecular weight excluding hydrogens is 333 g/mol. The number of aliphatic hydroxyl groups excluding tert-OH is 2. The maximum Gasteiger partial charge on any atom is 0.181 e. The highest BCUT2D eigenvalue weighted by Gasteiger charge is 2.55. The number of anilines is 1. The minimum absolute atomic E-state index is 0.0870. The van der Waals surface area contributed by atoms with Gasteiger partial charge in [0.2, 0.25) is 0 Å². The van der Waals surface area contributed by atoms with Crippen molar-refractivity contribution in [2.45, 2.75) is 31.0 Å². The summed E-state index contributed by atoms with van der Waals surface area (Å²) < 4.78 is 26.8. The Kier molecular flexibility index (Phi) is 4.49. The molecule has 134 valence electrons. The van der Waals surface area contributed by atoms with Crippen LogP contribution in [0.4, 0.5) is 10.2 Å². The number of alkyl halides is 1. The lowest BCUT2D eigenvalue weighted by Gasteiger charge is -2.25. The van der Waals surface area contributed by atoms with Crippen molar-refractivity contribution >= 4 is 16.9 Å². The molecule has 25 heavy (non-hydrogen) atoms. The van der Waals surface area contributed by atoms with Gasteiger partial charge in [-0.25, -0.2) is 14.4 Å². The summed E-state index contributed by atoms with van der Waals surface area (Å²) in [4.78, 5) is 8.04. The van der Waals surface area contributed by atoms with Crippen molar-refractivity contribution in [2.75, 3.05) is 19.1 Å². The van der Waals surface area contributed by atoms with Crippen LogP contribution >= 0.6 is 0 Å². The lowest BCUT2D eigenvalue weighted by molar-refractivity contribution is -0.0564. The van der Waals surface area contributed by atoms with Crippen LogP contribution in [-0.4, -0.2) is 56.0 Å². The largest absolute Gasteiger partial charge is 0.431 e. The number of hydrogen-bond acceptors (Lipinski definition) is 8. The summed E-state index contributed by atoms with van der Waals surface area (Å²) in [5.41, 5.74) is 9.63. The third-order valence-electron chi connectivity index (χ3n) is 4.13. The first kappa shape index (κ1) is 17.4. The van der Waals surface area contributed by atoms with Gasteiger partial charge in [-0.15, -0.1) is 0 Å². The maximum atomic E-state index is 15.1. The molecule has 6 N–H and O–H groups in total. The fraction of sp³-hybridized carbons (Fsp3) is 0.467. The summed E-state index contributed by atoms with van der Waals surface area (Å²) in [6.07, 6.45) is 1.31. The molecule has 3 rings (SSSR count). The lowest BCUT2D eigenvalue weighted by atomic mass is 9.98. The van der Waals surface area contributed by atoms with Crippen molar-refractivity contribution in [1.82, 2.24) is 14.5 Å². The number of nitrogens with two attached hydrogens (primary N) is 2. The third kappa shape index (κ3) is 2.77. The normalized spacial score (nSPS) is 28.8. The van der Waals surface area contributed by atoms with Crippen molar-refractivity contribution in [3.63, 3.8) is 0 Å². The third-order valence-corrected chi connectivity index (χ3v) is 4.13. The van der Waals surface area contributed by atoms with E-state index in [1.54, 1.807) is 0 Å². The average Bonchev–Trinajstić information content (AvgIpc) is 3.05. The molecule has 1 fully saturated rings. The van der Waals surface area contributed by atoms with Crippen LogP contribution in [0.15, 0.2) is 12.5 Å². The topological polar surface area (TPSA) is 142 Å². The Hall–Kier alpha value is -2.45. The predicted molar refractivity (Wildman–Crippen MR) is 85.5 cm³/mol. The molecule has 4 atom stereocenters. The Balaban J connectivity index is 2.15. The molecule has 0 amide bonds. The molecule has 0 aromatic carbocycles. The minimum atomic E-state index is -2.17. The van der Waals surface area contributed by atoms with Gasteiger partial charge in [0.15, 0.2) is 11.9 Å². The van der Waals surface area contributed by atoms with Gasteiger partial charge < -0.3 is 30.0 Å². The second kappa shape index (κ2) is 6.45. The van der Waals surface area contributed by atoms with Gasteiger partial charge >= 0.3 is 0 Å². The molecule has 1 aliphatic rings. The number of nitrogen functional groups attached to an aromatic ring is 1. The monoisotopic (exact) mass is 351 g/mol. The zero-order valence-electron chi connectivity index (χ0n) is 13.4. The lowest BCUT2D eigenvalue weighted by Crippen LogP contribution is -2.40. The summed E-state index contributed by atoms with van der Waals surface area (Å²) in [6.45, 7) is 0.581. The maximum absolute atomic E-state index is 15.1. The van der Waals surface area contributed by atoms with Crippen LogP contribution in [0.5, 0.6) is 0 Å². The summed E-state index contributed by atoms with van der Waals surface area (Å²) in [5.74, 6) is 2.87. The smallest absolute Gasteiger partial charge is 0.181 e. The number of hydrogen-bond donors (Lipinski definition) is 4. The molecule has 1 saturated heterocycles. The number of aromatic nitrogens is 3. The Morgan fingerprint density at radius 3 is 2.92 bits per heavy atom. The quantitative estimate of drug-likeness (QED) is 0.417. The molecule has 0 bridgehead atoms. The van der Waals surface area contributed by atoms with Crippen LogP contribution in [0.25, 0.3) is 11.0 Å². The number of aliphatic hydroxyl groups is 2. The Morgan fingerprint density at radius 1 is 1.52 bits per heavy atom. The zero-order chi connectivity index (χ0) is 18.2. The summed E-state index contributed by atoms with van der Waals surface area (Å²) >= 11 is 0. The molecule has 1 aliphatic heterocycles. The van der Waals surface area contributed by atoms with Crippen molar-refractivity contribution in [3.8, 4) is 12.0 Å². The molecule has 2 aromatic heterocycles. The SMILES string of the molecule is C[C@@]1(F)C(n2cc(C#COCN)c3c(N)ncnc32)OC(CO)[C@H]1O. The molecule has 0 saturated carbocycles. The van der Waals surface area contributed by atoms with Gasteiger partial charge in [-0.05, 0) is 12.8 Å². The molecule has 2 aromatic rings. The fourth-order valence-electron chi connectivity index (χ4n) is 2.88. The van der Waals surface area contributed by atoms with E-state index < -0.39 is 30.7 Å². The second-order valence-corrected chi connectivity index (χ2v) is 5.75. The van der Waals surface area contributed by atoms with E-state index in [2.05, 4.69) is 22.0 Å². The van der Waals surface area contributed by atoms with Crippen LogP contribution in [0, 0.1) is 12.0 Å². The van der Waals surface area contributed by atoms with E-state index in [9.17, 15) is 10.2 Å². The van der Waals surface area contributed by atoms with E-state index >= 15 is 4.39 Å². The first-order valence-electron chi connectivity index (χ1n) is 7.49. The number of fused-ring (bicyclic) bond motifs is 1. The number of halogens is 1. The molecular formula is C15H18FN5O4. The van der Waals surface area contributed by atoms with Crippen LogP contribution in [0.2, 0.25) is 0 Å². The van der Waals surface area contributed by atoms with Gasteiger partial charge in [-0.3, -0.25) is 5.73 Å². The molecule has 0 spiro atoms. The second-order valence-electron chi connectivity index (χ2n) is 5.75. The van der Waals surface area contributed by atoms with Gasteiger partial charge in [0.1, 0.15) is 42.8 Å². The number of ether oxygens (including phenoxy) is 2. The molecule has 0 aliphatic carbocycles. The molecule has 9 nitrogen and oxygen atoms in total. The van der Waals surface area contributed by atoms with E-state index in [1.807, 2.05) is 0 Å². The summed E-state index contributed by atoms with van der Waals surface area (Å²) in [7, 11) is 0. The highest BCUT2D eigenvalue weighted by Crippen LogP contribution is 2.43. The highest BCUT2D eigenvalue weighted by molar-refractivity contribution is 5.92. The average molecular weight is 351 g/mol. The van der Waals surface area contributed by atoms with Gasteiger partial charge in [-0.1, -0.05) is 0 Å². The Morgan fingerprint density at radius 2 is 2.28 bits per heavy atom. The summed E-state index contributed by atoms with van der Waals surface area (Å²) in [5, 5.41) is 19.7. The van der Waals surface area contributed by atoms with Gasteiger partial charge in [-0.2, -0.15) is 0 Å². The molecule has 3 heterocycles. The molecule has 10 heteroatoms. The van der Waals surface area contributed by atoms with E-state index in [0.717, 1.165) is 0 Å². The molecule has 0 radical (unpaired) electrons. The standard InChI is InChI=1S/C15H18FN5O4/c1-15(16)11(23)9(5-22)25-14(15)21-4-8(2-3-24-6-17)10-12(18)19-7-20-13(10)21/h4,7,9,11,14,22-23H,5-6,17H2,1H3,(H2,18,19,20)/t9?,11-,14?,15+/m1/s1. The van der Waals surface area contributed by atoms with E-state index in [0.29, 0.717) is 10.9 Å². The Bertz CT molecular complexity index is 844. The van der Waals surface area contributed by atoms with Crippen molar-refractivity contribution in [2.24, 2.45) is 5.73 Å². The number of rotatable bonds is 3. The van der Waals surface area contributed by atoms with E-state index in [-0.39, 0.29) is 18.2 Å². The van der Waals surface area contributed by atoms with Crippen LogP contribution < -0.4 is 11.5 Å². The van der Waals surface area contributed by atoms with E-state index in [4.69, 9.17) is 20.9 Å². The van der Waals surface area contributed by atoms with Crippen LogP contribution in [0.1, 0.15) is 18.7 Å². The zero-order valence-corrected chi connectivity index (χ0v) is 13.4. The fourth-order valence-corrected chi connectivity index (χ4v) is 2.88. The van der Waals surface area contributed by atoms with Gasteiger partial charge in [0.25, 0.3) is 0 Å². The first-order valence-corrected chi connectivity index (χ1v) is 7.49. The van der Waals surface area contributed by atoms with Crippen molar-refractivity contribution < 1.29 is 24.1 Å². The number of nitrogens with zero attached hydrogens (tertiary/aromatic N) is 3. The van der Waals surface area contributed by atoms with Gasteiger partial charge in [0.05, 0.1) is 17.6 Å². The minimum Gasteiger partial charge on any atom is -0.431 e. The first-order chi connectivity index (χ1) is 11.9.